The zero-order valence-corrected chi connectivity index (χ0v) is 11.4. The third kappa shape index (κ3) is 2.39. The molecule has 0 N–H and O–H groups in total. The smallest absolute Gasteiger partial charge is 0.296 e. The van der Waals surface area contributed by atoms with E-state index in [1.165, 1.54) is 6.07 Å². The topological polar surface area (TPSA) is 17.8 Å². The Bertz CT molecular complexity index is 773. The molecule has 3 aromatic rings. The first-order valence-electron chi connectivity index (χ1n) is 6.64. The third-order valence-corrected chi connectivity index (χ3v) is 3.38. The number of aryl methyl sites for hydroxylation is 1. The van der Waals surface area contributed by atoms with Crippen LogP contribution in [0.2, 0.25) is 0 Å². The highest BCUT2D eigenvalue weighted by molar-refractivity contribution is 5.79. The van der Waals surface area contributed by atoms with Crippen LogP contribution in [0.3, 0.4) is 0 Å². The van der Waals surface area contributed by atoms with Crippen molar-refractivity contribution in [3.8, 4) is 5.69 Å². The SMILES string of the molecule is CCc1nc2cc(C(F)(F)F)ccc2n1-c1ccccc1. The van der Waals surface area contributed by atoms with Gasteiger partial charge in [-0.2, -0.15) is 13.2 Å². The Morgan fingerprint density at radius 3 is 2.38 bits per heavy atom. The molecule has 0 atom stereocenters. The first kappa shape index (κ1) is 13.7. The largest absolute Gasteiger partial charge is 0.416 e. The lowest BCUT2D eigenvalue weighted by Gasteiger charge is -2.09. The molecule has 0 aliphatic carbocycles. The molecule has 1 heterocycles. The molecule has 0 radical (unpaired) electrons. The molecule has 21 heavy (non-hydrogen) atoms. The van der Waals surface area contributed by atoms with E-state index in [9.17, 15) is 13.2 Å². The highest BCUT2D eigenvalue weighted by Gasteiger charge is 2.31. The van der Waals surface area contributed by atoms with Gasteiger partial charge in [0.2, 0.25) is 0 Å². The van der Waals surface area contributed by atoms with E-state index in [0.29, 0.717) is 17.5 Å². The Balaban J connectivity index is 2.25. The van der Waals surface area contributed by atoms with Crippen LogP contribution in [-0.2, 0) is 12.6 Å². The molecule has 0 aliphatic rings. The van der Waals surface area contributed by atoms with Gasteiger partial charge in [0, 0.05) is 12.1 Å². The van der Waals surface area contributed by atoms with E-state index in [4.69, 9.17) is 0 Å². The van der Waals surface area contributed by atoms with Gasteiger partial charge < -0.3 is 0 Å². The van der Waals surface area contributed by atoms with E-state index in [2.05, 4.69) is 4.98 Å². The van der Waals surface area contributed by atoms with Crippen LogP contribution in [0.1, 0.15) is 18.3 Å². The van der Waals surface area contributed by atoms with Crippen LogP contribution in [0.25, 0.3) is 16.7 Å². The van der Waals surface area contributed by atoms with Crippen LogP contribution >= 0.6 is 0 Å². The van der Waals surface area contributed by atoms with Gasteiger partial charge >= 0.3 is 6.18 Å². The van der Waals surface area contributed by atoms with Crippen molar-refractivity contribution >= 4 is 11.0 Å². The molecule has 2 aromatic carbocycles. The summed E-state index contributed by atoms with van der Waals surface area (Å²) in [4.78, 5) is 4.34. The molecule has 3 rings (SSSR count). The van der Waals surface area contributed by atoms with Crippen LogP contribution < -0.4 is 0 Å². The highest BCUT2D eigenvalue weighted by atomic mass is 19.4. The monoisotopic (exact) mass is 290 g/mol. The third-order valence-electron chi connectivity index (χ3n) is 3.38. The van der Waals surface area contributed by atoms with Crippen LogP contribution in [0.5, 0.6) is 0 Å². The van der Waals surface area contributed by atoms with E-state index in [-0.39, 0.29) is 0 Å². The van der Waals surface area contributed by atoms with Crippen LogP contribution in [0.4, 0.5) is 13.2 Å². The second-order valence-corrected chi connectivity index (χ2v) is 4.75. The van der Waals surface area contributed by atoms with Gasteiger partial charge in [-0.05, 0) is 30.3 Å². The van der Waals surface area contributed by atoms with Crippen molar-refractivity contribution in [2.75, 3.05) is 0 Å². The summed E-state index contributed by atoms with van der Waals surface area (Å²) >= 11 is 0. The number of alkyl halides is 3. The van der Waals surface area contributed by atoms with Crippen molar-refractivity contribution in [3.05, 3.63) is 59.9 Å². The number of benzene rings is 2. The number of nitrogens with zero attached hydrogens (tertiary/aromatic N) is 2. The molecule has 5 heteroatoms. The number of hydrogen-bond acceptors (Lipinski definition) is 1. The molecular weight excluding hydrogens is 277 g/mol. The van der Waals surface area contributed by atoms with Crippen molar-refractivity contribution in [1.82, 2.24) is 9.55 Å². The summed E-state index contributed by atoms with van der Waals surface area (Å²) in [5, 5.41) is 0. The maximum atomic E-state index is 12.8. The number of rotatable bonds is 2. The minimum absolute atomic E-state index is 0.366. The molecule has 0 unspecified atom stereocenters. The van der Waals surface area contributed by atoms with Gasteiger partial charge in [0.1, 0.15) is 5.82 Å². The van der Waals surface area contributed by atoms with Gasteiger partial charge in [-0.1, -0.05) is 25.1 Å². The molecule has 0 bridgehead atoms. The standard InChI is InChI=1S/C16H13F3N2/c1-2-15-20-13-10-11(16(17,18)19)8-9-14(13)21(15)12-6-4-3-5-7-12/h3-10H,2H2,1H3. The van der Waals surface area contributed by atoms with Gasteiger partial charge in [0.25, 0.3) is 0 Å². The lowest BCUT2D eigenvalue weighted by atomic mass is 10.2. The normalized spacial score (nSPS) is 12.0. The summed E-state index contributed by atoms with van der Waals surface area (Å²) in [6, 6.07) is 13.2. The summed E-state index contributed by atoms with van der Waals surface area (Å²) in [6.07, 6.45) is -3.71. The second-order valence-electron chi connectivity index (χ2n) is 4.75. The van der Waals surface area contributed by atoms with E-state index >= 15 is 0 Å². The molecule has 0 aliphatic heterocycles. The van der Waals surface area contributed by atoms with Crippen LogP contribution in [-0.4, -0.2) is 9.55 Å². The van der Waals surface area contributed by atoms with Crippen molar-refractivity contribution in [1.29, 1.82) is 0 Å². The molecule has 0 amide bonds. The van der Waals surface area contributed by atoms with E-state index in [1.807, 2.05) is 41.8 Å². The summed E-state index contributed by atoms with van der Waals surface area (Å²) in [5.74, 6) is 0.746. The lowest BCUT2D eigenvalue weighted by Crippen LogP contribution is -2.04. The van der Waals surface area contributed by atoms with Gasteiger partial charge in [-0.15, -0.1) is 0 Å². The molecular formula is C16H13F3N2. The van der Waals surface area contributed by atoms with Gasteiger partial charge in [-0.3, -0.25) is 4.57 Å². The fourth-order valence-corrected chi connectivity index (χ4v) is 2.41. The molecule has 108 valence electrons. The minimum atomic E-state index is -4.35. The van der Waals surface area contributed by atoms with Crippen molar-refractivity contribution < 1.29 is 13.2 Å². The fraction of sp³-hybridized carbons (Fsp3) is 0.188. The number of fused-ring (bicyclic) bond motifs is 1. The Hall–Kier alpha value is -2.30. The Morgan fingerprint density at radius 1 is 1.05 bits per heavy atom. The van der Waals surface area contributed by atoms with Crippen molar-refractivity contribution in [3.63, 3.8) is 0 Å². The van der Waals surface area contributed by atoms with Gasteiger partial charge in [0.15, 0.2) is 0 Å². The van der Waals surface area contributed by atoms with E-state index in [1.54, 1.807) is 0 Å². The molecule has 0 saturated carbocycles. The average Bonchev–Trinajstić information content (AvgIpc) is 2.84. The Labute approximate surface area is 119 Å². The highest BCUT2D eigenvalue weighted by Crippen LogP contribution is 2.32. The zero-order chi connectivity index (χ0) is 15.0. The predicted molar refractivity (Wildman–Crippen MR) is 75.5 cm³/mol. The van der Waals surface area contributed by atoms with Crippen molar-refractivity contribution in [2.24, 2.45) is 0 Å². The number of aromatic nitrogens is 2. The Kier molecular flexibility index (Phi) is 3.20. The average molecular weight is 290 g/mol. The van der Waals surface area contributed by atoms with Crippen LogP contribution in [0, 0.1) is 0 Å². The van der Waals surface area contributed by atoms with Gasteiger partial charge in [0.05, 0.1) is 16.6 Å². The summed E-state index contributed by atoms with van der Waals surface area (Å²) in [5.41, 5.74) is 1.28. The quantitative estimate of drug-likeness (QED) is 0.674. The summed E-state index contributed by atoms with van der Waals surface area (Å²) in [7, 11) is 0. The minimum Gasteiger partial charge on any atom is -0.296 e. The predicted octanol–water partition coefficient (Wildman–Crippen LogP) is 4.61. The van der Waals surface area contributed by atoms with Crippen molar-refractivity contribution in [2.45, 2.75) is 19.5 Å². The molecule has 2 nitrogen and oxygen atoms in total. The first-order chi connectivity index (χ1) is 10.0. The molecule has 0 saturated heterocycles. The molecule has 0 fully saturated rings. The number of para-hydroxylation sites is 1. The number of halogens is 3. The lowest BCUT2D eigenvalue weighted by molar-refractivity contribution is -0.137. The zero-order valence-electron chi connectivity index (χ0n) is 11.4. The summed E-state index contributed by atoms with van der Waals surface area (Å²) in [6.45, 7) is 1.94. The number of hydrogen-bond donors (Lipinski definition) is 0. The maximum Gasteiger partial charge on any atom is 0.416 e. The maximum absolute atomic E-state index is 12.8. The fourth-order valence-electron chi connectivity index (χ4n) is 2.41. The summed E-state index contributed by atoms with van der Waals surface area (Å²) < 4.78 is 40.3. The van der Waals surface area contributed by atoms with Crippen LogP contribution in [0.15, 0.2) is 48.5 Å². The molecule has 0 spiro atoms. The van der Waals surface area contributed by atoms with E-state index < -0.39 is 11.7 Å². The van der Waals surface area contributed by atoms with E-state index in [0.717, 1.165) is 23.6 Å². The first-order valence-corrected chi connectivity index (χ1v) is 6.64. The molecule has 1 aromatic heterocycles. The number of imidazole rings is 1. The van der Waals surface area contributed by atoms with Gasteiger partial charge in [-0.25, -0.2) is 4.98 Å². The second kappa shape index (κ2) is 4.91. The Morgan fingerprint density at radius 2 is 1.76 bits per heavy atom.